The number of hydrogen-bond acceptors (Lipinski definition) is 0. The highest BCUT2D eigenvalue weighted by molar-refractivity contribution is 5.89. The Kier molecular flexibility index (Phi) is 8.41. The summed E-state index contributed by atoms with van der Waals surface area (Å²) in [5.74, 6) is -4.13. The molecular formula is C31H23F7. The number of hydrogen-bond donors (Lipinski definition) is 0. The molecule has 4 rings (SSSR count). The van der Waals surface area contributed by atoms with Crippen molar-refractivity contribution < 1.29 is 30.7 Å². The Morgan fingerprint density at radius 1 is 0.605 bits per heavy atom. The van der Waals surface area contributed by atoms with Crippen LogP contribution in [0.25, 0.3) is 21.9 Å². The predicted molar refractivity (Wildman–Crippen MR) is 134 cm³/mol. The number of fused-ring (bicyclic) bond motifs is 1. The molecule has 0 spiro atoms. The molecule has 0 aromatic heterocycles. The summed E-state index contributed by atoms with van der Waals surface area (Å²) in [6.45, 7) is 2.13. The average Bonchev–Trinajstić information content (AvgIpc) is 2.86. The summed E-state index contributed by atoms with van der Waals surface area (Å²) in [6.07, 6.45) is 6.23. The molecule has 0 atom stereocenters. The Morgan fingerprint density at radius 3 is 2.00 bits per heavy atom. The van der Waals surface area contributed by atoms with Crippen LogP contribution in [0.5, 0.6) is 0 Å². The Labute approximate surface area is 216 Å². The monoisotopic (exact) mass is 528 g/mol. The maximum Gasteiger partial charge on any atom is 0.195 e. The lowest BCUT2D eigenvalue weighted by Gasteiger charge is -2.10. The van der Waals surface area contributed by atoms with Gasteiger partial charge in [0.15, 0.2) is 17.5 Å². The van der Waals surface area contributed by atoms with E-state index in [0.29, 0.717) is 12.1 Å². The molecule has 38 heavy (non-hydrogen) atoms. The largest absolute Gasteiger partial charge is 0.206 e. The van der Waals surface area contributed by atoms with E-state index in [0.717, 1.165) is 55.9 Å². The van der Waals surface area contributed by atoms with Crippen LogP contribution in [0, 0.1) is 52.6 Å². The van der Waals surface area contributed by atoms with Crippen LogP contribution < -0.4 is 0 Å². The van der Waals surface area contributed by atoms with E-state index in [1.807, 2.05) is 0 Å². The minimum absolute atomic E-state index is 0.0671. The Hall–Kier alpha value is -3.79. The van der Waals surface area contributed by atoms with Crippen LogP contribution in [0.15, 0.2) is 48.5 Å². The topological polar surface area (TPSA) is 0 Å². The molecule has 0 heterocycles. The van der Waals surface area contributed by atoms with E-state index in [-0.39, 0.29) is 16.7 Å². The molecule has 0 radical (unpaired) electrons. The van der Waals surface area contributed by atoms with Crippen molar-refractivity contribution >= 4 is 10.8 Å². The normalized spacial score (nSPS) is 11.1. The van der Waals surface area contributed by atoms with E-state index < -0.39 is 57.1 Å². The number of aryl methyl sites for hydroxylation is 1. The van der Waals surface area contributed by atoms with Gasteiger partial charge in [0.1, 0.15) is 23.3 Å². The molecule has 0 N–H and O–H groups in total. The minimum Gasteiger partial charge on any atom is -0.206 e. The molecule has 0 unspecified atom stereocenters. The smallest absolute Gasteiger partial charge is 0.195 e. The molecule has 196 valence electrons. The number of benzene rings is 4. The van der Waals surface area contributed by atoms with Crippen molar-refractivity contribution in [3.63, 3.8) is 0 Å². The lowest BCUT2D eigenvalue weighted by molar-refractivity contribution is 0.451. The molecule has 0 saturated heterocycles. The fourth-order valence-corrected chi connectivity index (χ4v) is 4.34. The molecule has 0 saturated carbocycles. The summed E-state index contributed by atoms with van der Waals surface area (Å²) in [7, 11) is 0. The predicted octanol–water partition coefficient (Wildman–Crippen LogP) is 9.39. The van der Waals surface area contributed by atoms with Crippen LogP contribution in [0.2, 0.25) is 0 Å². The summed E-state index contributed by atoms with van der Waals surface area (Å²) in [6, 6.07) is 8.60. The average molecular weight is 529 g/mol. The van der Waals surface area contributed by atoms with Crippen LogP contribution in [0.1, 0.15) is 55.7 Å². The second kappa shape index (κ2) is 11.7. The lowest BCUT2D eigenvalue weighted by Crippen LogP contribution is -1.98. The third-order valence-electron chi connectivity index (χ3n) is 6.30. The van der Waals surface area contributed by atoms with Gasteiger partial charge < -0.3 is 0 Å². The van der Waals surface area contributed by atoms with Crippen LogP contribution in [-0.2, 0) is 6.42 Å². The molecule has 0 nitrogen and oxygen atoms in total. The molecule has 4 aromatic rings. The van der Waals surface area contributed by atoms with Gasteiger partial charge in [-0.3, -0.25) is 0 Å². The second-order valence-electron chi connectivity index (χ2n) is 9.09. The van der Waals surface area contributed by atoms with Crippen LogP contribution in [-0.4, -0.2) is 0 Å². The number of halogens is 7. The highest BCUT2D eigenvalue weighted by Gasteiger charge is 2.20. The first-order valence-electron chi connectivity index (χ1n) is 12.3. The first kappa shape index (κ1) is 27.3. The van der Waals surface area contributed by atoms with Crippen LogP contribution >= 0.6 is 0 Å². The summed E-state index contributed by atoms with van der Waals surface area (Å²) in [5.41, 5.74) is -0.181. The third kappa shape index (κ3) is 5.85. The van der Waals surface area contributed by atoms with Gasteiger partial charge in [-0.1, -0.05) is 50.5 Å². The van der Waals surface area contributed by atoms with Gasteiger partial charge >= 0.3 is 0 Å². The van der Waals surface area contributed by atoms with Crippen molar-refractivity contribution in [1.29, 1.82) is 0 Å². The lowest BCUT2D eigenvalue weighted by atomic mass is 9.98. The number of rotatable bonds is 7. The minimum atomic E-state index is -1.85. The van der Waals surface area contributed by atoms with E-state index in [1.54, 1.807) is 6.07 Å². The second-order valence-corrected chi connectivity index (χ2v) is 9.09. The van der Waals surface area contributed by atoms with Gasteiger partial charge in [-0.25, -0.2) is 30.7 Å². The molecule has 4 aromatic carbocycles. The van der Waals surface area contributed by atoms with E-state index in [9.17, 15) is 30.7 Å². The molecule has 0 amide bonds. The zero-order valence-electron chi connectivity index (χ0n) is 20.5. The van der Waals surface area contributed by atoms with Gasteiger partial charge in [0.05, 0.1) is 16.5 Å². The van der Waals surface area contributed by atoms with E-state index in [1.165, 1.54) is 18.6 Å². The van der Waals surface area contributed by atoms with Crippen molar-refractivity contribution in [3.05, 3.63) is 106 Å². The molecular weight excluding hydrogens is 505 g/mol. The van der Waals surface area contributed by atoms with Crippen molar-refractivity contribution in [2.24, 2.45) is 0 Å². The van der Waals surface area contributed by atoms with Crippen molar-refractivity contribution in [2.45, 2.75) is 45.4 Å². The summed E-state index contributed by atoms with van der Waals surface area (Å²) in [5, 5.41) is -1.24. The molecule has 7 heteroatoms. The fraction of sp³-hybridized carbons (Fsp3) is 0.226. The van der Waals surface area contributed by atoms with Crippen molar-refractivity contribution in [1.82, 2.24) is 0 Å². The SMILES string of the molecule is CCCCCCCc1ccc(C#Cc2cc(F)c(-c3cc(F)c4c(F)c(F)c(F)cc4c3)c(F)c2)c(F)c1. The summed E-state index contributed by atoms with van der Waals surface area (Å²) < 4.78 is 99.9. The number of unbranched alkanes of at least 4 members (excludes halogenated alkanes) is 4. The summed E-state index contributed by atoms with van der Waals surface area (Å²) >= 11 is 0. The first-order chi connectivity index (χ1) is 18.2. The Bertz CT molecular complexity index is 1540. The van der Waals surface area contributed by atoms with Gasteiger partial charge in [0, 0.05) is 5.56 Å². The first-order valence-corrected chi connectivity index (χ1v) is 12.3. The maximum atomic E-state index is 14.9. The standard InChI is InChI=1S/C31H23F7/c1-2-3-4-5-6-7-18-8-10-20(23(32)12-18)11-9-19-13-24(33)28(25(34)14-19)21-15-22-17-27(36)30(37)31(38)29(22)26(35)16-21/h8,10,12-17H,2-7H2,1H3. The molecule has 0 fully saturated rings. The third-order valence-corrected chi connectivity index (χ3v) is 6.30. The highest BCUT2D eigenvalue weighted by Crippen LogP contribution is 2.33. The molecule has 0 aliphatic rings. The van der Waals surface area contributed by atoms with E-state index >= 15 is 0 Å². The van der Waals surface area contributed by atoms with E-state index in [4.69, 9.17) is 0 Å². The quantitative estimate of drug-likeness (QED) is 0.0970. The van der Waals surface area contributed by atoms with E-state index in [2.05, 4.69) is 18.8 Å². The summed E-state index contributed by atoms with van der Waals surface area (Å²) in [4.78, 5) is 0. The zero-order chi connectivity index (χ0) is 27.4. The van der Waals surface area contributed by atoms with Gasteiger partial charge in [-0.2, -0.15) is 0 Å². The Balaban J connectivity index is 1.59. The van der Waals surface area contributed by atoms with Gasteiger partial charge in [-0.15, -0.1) is 0 Å². The van der Waals surface area contributed by atoms with Crippen molar-refractivity contribution in [2.75, 3.05) is 0 Å². The molecule has 0 bridgehead atoms. The van der Waals surface area contributed by atoms with Gasteiger partial charge in [0.25, 0.3) is 0 Å². The maximum absolute atomic E-state index is 14.9. The zero-order valence-corrected chi connectivity index (χ0v) is 20.5. The molecule has 0 aliphatic heterocycles. The Morgan fingerprint density at radius 2 is 1.32 bits per heavy atom. The van der Waals surface area contributed by atoms with Gasteiger partial charge in [-0.05, 0) is 71.8 Å². The van der Waals surface area contributed by atoms with Gasteiger partial charge in [0.2, 0.25) is 0 Å². The van der Waals surface area contributed by atoms with Crippen LogP contribution in [0.3, 0.4) is 0 Å². The highest BCUT2D eigenvalue weighted by atomic mass is 19.2. The van der Waals surface area contributed by atoms with Crippen molar-refractivity contribution in [3.8, 4) is 23.0 Å². The fourth-order valence-electron chi connectivity index (χ4n) is 4.34. The molecule has 0 aliphatic carbocycles. The van der Waals surface area contributed by atoms with Crippen LogP contribution in [0.4, 0.5) is 30.7 Å².